The number of esters is 2. The van der Waals surface area contributed by atoms with E-state index < -0.39 is 11.9 Å². The number of rotatable bonds is 2. The monoisotopic (exact) mass is 172 g/mol. The summed E-state index contributed by atoms with van der Waals surface area (Å²) in [5.74, 6) is -1.03. The van der Waals surface area contributed by atoms with E-state index in [0.717, 1.165) is 0 Å². The molecule has 0 aliphatic rings. The molecule has 0 aliphatic heterocycles. The average molecular weight is 172 g/mol. The van der Waals surface area contributed by atoms with Crippen LogP contribution < -0.4 is 0 Å². The molecule has 0 aromatic carbocycles. The van der Waals surface area contributed by atoms with Crippen LogP contribution in [0.3, 0.4) is 0 Å². The number of carbonyl (C=O) groups is 2. The van der Waals surface area contributed by atoms with Crippen LogP contribution in [0.1, 0.15) is 13.8 Å². The highest BCUT2D eigenvalue weighted by molar-refractivity contribution is 5.99. The van der Waals surface area contributed by atoms with Crippen molar-refractivity contribution in [1.29, 1.82) is 0 Å². The Bertz CT molecular complexity index is 203. The molecule has 0 atom stereocenters. The van der Waals surface area contributed by atoms with Crippen LogP contribution in [-0.2, 0) is 19.1 Å². The van der Waals surface area contributed by atoms with E-state index in [9.17, 15) is 9.59 Å². The van der Waals surface area contributed by atoms with Crippen LogP contribution in [0.25, 0.3) is 0 Å². The molecule has 0 rings (SSSR count). The summed E-state index contributed by atoms with van der Waals surface area (Å²) in [7, 11) is 2.52. The van der Waals surface area contributed by atoms with Gasteiger partial charge in [-0.2, -0.15) is 0 Å². The van der Waals surface area contributed by atoms with Crippen LogP contribution in [0.15, 0.2) is 11.1 Å². The van der Waals surface area contributed by atoms with Gasteiger partial charge in [-0.3, -0.25) is 0 Å². The van der Waals surface area contributed by atoms with Crippen LogP contribution in [0.5, 0.6) is 0 Å². The van der Waals surface area contributed by atoms with Gasteiger partial charge in [0.25, 0.3) is 0 Å². The Morgan fingerprint density at radius 3 is 1.25 bits per heavy atom. The maximum atomic E-state index is 10.9. The Labute approximate surface area is 71.2 Å². The summed E-state index contributed by atoms with van der Waals surface area (Å²) in [6.45, 7) is 3.02. The second-order valence-corrected chi connectivity index (χ2v) is 2.23. The van der Waals surface area contributed by atoms with E-state index in [4.69, 9.17) is 0 Å². The van der Waals surface area contributed by atoms with Crippen molar-refractivity contribution in [3.63, 3.8) is 0 Å². The molecule has 0 aromatic heterocycles. The number of carbonyl (C=O) groups excluding carboxylic acids is 2. The van der Waals surface area contributed by atoms with E-state index in [1.54, 1.807) is 0 Å². The standard InChI is InChI=1S/C8H12O4/c1-5(7(9)11-3)6(2)8(10)12-4/h1-4H3/b6-5+. The van der Waals surface area contributed by atoms with E-state index in [1.165, 1.54) is 28.1 Å². The van der Waals surface area contributed by atoms with Crippen molar-refractivity contribution < 1.29 is 19.1 Å². The normalized spacial score (nSPS) is 11.7. The molecule has 4 nitrogen and oxygen atoms in total. The van der Waals surface area contributed by atoms with Crippen molar-refractivity contribution in [3.05, 3.63) is 11.1 Å². The smallest absolute Gasteiger partial charge is 0.333 e. The third-order valence-corrected chi connectivity index (χ3v) is 1.55. The van der Waals surface area contributed by atoms with E-state index in [0.29, 0.717) is 0 Å². The van der Waals surface area contributed by atoms with Gasteiger partial charge in [0.15, 0.2) is 0 Å². The molecule has 0 unspecified atom stereocenters. The molecule has 0 aliphatic carbocycles. The highest BCUT2D eigenvalue weighted by atomic mass is 16.5. The zero-order valence-corrected chi connectivity index (χ0v) is 7.63. The summed E-state index contributed by atoms with van der Waals surface area (Å²) in [6.07, 6.45) is 0. The van der Waals surface area contributed by atoms with Crippen molar-refractivity contribution in [2.45, 2.75) is 13.8 Å². The molecule has 0 saturated heterocycles. The molecule has 0 radical (unpaired) electrons. The number of ether oxygens (including phenoxy) is 2. The van der Waals surface area contributed by atoms with Gasteiger partial charge in [-0.05, 0) is 13.8 Å². The van der Waals surface area contributed by atoms with Crippen LogP contribution >= 0.6 is 0 Å². The highest BCUT2D eigenvalue weighted by Gasteiger charge is 2.13. The van der Waals surface area contributed by atoms with Crippen LogP contribution in [0.4, 0.5) is 0 Å². The Hall–Kier alpha value is -1.32. The van der Waals surface area contributed by atoms with Gasteiger partial charge in [0, 0.05) is 11.1 Å². The zero-order valence-electron chi connectivity index (χ0n) is 7.63. The zero-order chi connectivity index (χ0) is 9.72. The highest BCUT2D eigenvalue weighted by Crippen LogP contribution is 2.06. The topological polar surface area (TPSA) is 52.6 Å². The molecule has 0 fully saturated rings. The SMILES string of the molecule is COC(=O)/C(C)=C(\C)C(=O)OC. The van der Waals surface area contributed by atoms with E-state index in [2.05, 4.69) is 9.47 Å². The number of hydrogen-bond donors (Lipinski definition) is 0. The van der Waals surface area contributed by atoms with Crippen LogP contribution in [-0.4, -0.2) is 26.2 Å². The van der Waals surface area contributed by atoms with Crippen molar-refractivity contribution in [2.24, 2.45) is 0 Å². The molecule has 0 bridgehead atoms. The summed E-state index contributed by atoms with van der Waals surface area (Å²) in [5, 5.41) is 0. The average Bonchev–Trinajstić information content (AvgIpc) is 2.12. The van der Waals surface area contributed by atoms with Crippen molar-refractivity contribution in [1.82, 2.24) is 0 Å². The third-order valence-electron chi connectivity index (χ3n) is 1.55. The second kappa shape index (κ2) is 4.54. The maximum Gasteiger partial charge on any atom is 0.333 e. The van der Waals surface area contributed by atoms with Gasteiger partial charge in [-0.25, -0.2) is 9.59 Å². The fraction of sp³-hybridized carbons (Fsp3) is 0.500. The van der Waals surface area contributed by atoms with Gasteiger partial charge in [0.05, 0.1) is 14.2 Å². The first-order chi connectivity index (χ1) is 5.54. The number of methoxy groups -OCH3 is 2. The summed E-state index contributed by atoms with van der Waals surface area (Å²) >= 11 is 0. The molecule has 0 spiro atoms. The molecular formula is C8H12O4. The minimum Gasteiger partial charge on any atom is -0.466 e. The van der Waals surface area contributed by atoms with Crippen LogP contribution in [0.2, 0.25) is 0 Å². The molecular weight excluding hydrogens is 160 g/mol. The van der Waals surface area contributed by atoms with Crippen LogP contribution in [0, 0.1) is 0 Å². The molecule has 0 amide bonds. The summed E-state index contributed by atoms with van der Waals surface area (Å²) in [5.41, 5.74) is 0.536. The predicted molar refractivity (Wildman–Crippen MR) is 42.4 cm³/mol. The van der Waals surface area contributed by atoms with Crippen molar-refractivity contribution in [2.75, 3.05) is 14.2 Å². The Morgan fingerprint density at radius 2 is 1.08 bits per heavy atom. The number of hydrogen-bond acceptors (Lipinski definition) is 4. The second-order valence-electron chi connectivity index (χ2n) is 2.23. The lowest BCUT2D eigenvalue weighted by molar-refractivity contribution is -0.139. The minimum absolute atomic E-state index is 0.268. The molecule has 0 saturated carbocycles. The third kappa shape index (κ3) is 2.38. The summed E-state index contributed by atoms with van der Waals surface area (Å²) in [6, 6.07) is 0. The van der Waals surface area contributed by atoms with E-state index in [-0.39, 0.29) is 11.1 Å². The minimum atomic E-state index is -0.516. The maximum absolute atomic E-state index is 10.9. The molecule has 0 heterocycles. The summed E-state index contributed by atoms with van der Waals surface area (Å²) < 4.78 is 8.85. The first-order valence-electron chi connectivity index (χ1n) is 3.38. The van der Waals surface area contributed by atoms with Gasteiger partial charge < -0.3 is 9.47 Å². The Kier molecular flexibility index (Phi) is 4.04. The molecule has 68 valence electrons. The first-order valence-corrected chi connectivity index (χ1v) is 3.38. The summed E-state index contributed by atoms with van der Waals surface area (Å²) in [4.78, 5) is 21.8. The quantitative estimate of drug-likeness (QED) is 0.453. The predicted octanol–water partition coefficient (Wildman–Crippen LogP) is 0.669. The van der Waals surface area contributed by atoms with Crippen molar-refractivity contribution in [3.8, 4) is 0 Å². The van der Waals surface area contributed by atoms with Gasteiger partial charge >= 0.3 is 11.9 Å². The van der Waals surface area contributed by atoms with Gasteiger partial charge in [-0.15, -0.1) is 0 Å². The fourth-order valence-electron chi connectivity index (χ4n) is 0.612. The lowest BCUT2D eigenvalue weighted by Crippen LogP contribution is -2.10. The van der Waals surface area contributed by atoms with Gasteiger partial charge in [-0.1, -0.05) is 0 Å². The largest absolute Gasteiger partial charge is 0.466 e. The molecule has 0 aromatic rings. The van der Waals surface area contributed by atoms with Gasteiger partial charge in [0.2, 0.25) is 0 Å². The lowest BCUT2D eigenvalue weighted by Gasteiger charge is -2.03. The fourth-order valence-corrected chi connectivity index (χ4v) is 0.612. The molecule has 4 heteroatoms. The Morgan fingerprint density at radius 1 is 0.833 bits per heavy atom. The van der Waals surface area contributed by atoms with Gasteiger partial charge in [0.1, 0.15) is 0 Å². The molecule has 12 heavy (non-hydrogen) atoms. The van der Waals surface area contributed by atoms with E-state index >= 15 is 0 Å². The molecule has 0 N–H and O–H groups in total. The van der Waals surface area contributed by atoms with E-state index in [1.807, 2.05) is 0 Å². The lowest BCUT2D eigenvalue weighted by atomic mass is 10.1. The first kappa shape index (κ1) is 10.7. The Balaban J connectivity index is 4.68. The van der Waals surface area contributed by atoms with Crippen molar-refractivity contribution >= 4 is 11.9 Å².